The summed E-state index contributed by atoms with van der Waals surface area (Å²) in [5.41, 5.74) is 0. The van der Waals surface area contributed by atoms with Crippen molar-refractivity contribution in [1.29, 1.82) is 0 Å². The van der Waals surface area contributed by atoms with E-state index in [1.807, 2.05) is 6.92 Å². The molecule has 1 aliphatic rings. The second-order valence-electron chi connectivity index (χ2n) is 5.76. The molecule has 1 aliphatic heterocycles. The molecule has 0 saturated carbocycles. The molecule has 6 heteroatoms. The molecule has 0 radical (unpaired) electrons. The van der Waals surface area contributed by atoms with E-state index in [0.29, 0.717) is 25.6 Å². The molecule has 1 fully saturated rings. The molecule has 1 unspecified atom stereocenters. The van der Waals surface area contributed by atoms with Crippen LogP contribution in [-0.2, 0) is 10.0 Å². The number of nitrogens with one attached hydrogen (secondary N) is 1. The lowest BCUT2D eigenvalue weighted by Crippen LogP contribution is -2.52. The minimum Gasteiger partial charge on any atom is -0.316 e. The molecule has 1 saturated heterocycles. The Balaban J connectivity index is 2.49. The predicted molar refractivity (Wildman–Crippen MR) is 79.8 cm³/mol. The van der Waals surface area contributed by atoms with E-state index in [9.17, 15) is 8.42 Å². The van der Waals surface area contributed by atoms with Crippen LogP contribution in [0.15, 0.2) is 0 Å². The highest BCUT2D eigenvalue weighted by Crippen LogP contribution is 2.13. The summed E-state index contributed by atoms with van der Waals surface area (Å²) in [6, 6.07) is 0. The SMILES string of the molecule is CCNCC(C)S(=O)(=O)N1CCN(CC(C)C)CC1. The van der Waals surface area contributed by atoms with E-state index >= 15 is 0 Å². The normalized spacial score (nSPS) is 20.9. The fourth-order valence-electron chi connectivity index (χ4n) is 2.39. The summed E-state index contributed by atoms with van der Waals surface area (Å²) in [5.74, 6) is 0.635. The number of piperazine rings is 1. The number of hydrogen-bond acceptors (Lipinski definition) is 4. The van der Waals surface area contributed by atoms with Crippen molar-refractivity contribution in [1.82, 2.24) is 14.5 Å². The summed E-state index contributed by atoms with van der Waals surface area (Å²) in [6.07, 6.45) is 0. The third-order valence-corrected chi connectivity index (χ3v) is 5.77. The maximum absolute atomic E-state index is 12.4. The summed E-state index contributed by atoms with van der Waals surface area (Å²) in [7, 11) is -3.14. The largest absolute Gasteiger partial charge is 0.316 e. The lowest BCUT2D eigenvalue weighted by molar-refractivity contribution is 0.171. The van der Waals surface area contributed by atoms with E-state index in [0.717, 1.165) is 26.2 Å². The van der Waals surface area contributed by atoms with E-state index in [-0.39, 0.29) is 5.25 Å². The zero-order valence-corrected chi connectivity index (χ0v) is 13.5. The zero-order valence-electron chi connectivity index (χ0n) is 12.7. The van der Waals surface area contributed by atoms with Gasteiger partial charge in [0.15, 0.2) is 0 Å². The Bertz CT molecular complexity index is 349. The third-order valence-electron chi connectivity index (χ3n) is 3.50. The van der Waals surface area contributed by atoms with E-state index in [2.05, 4.69) is 24.1 Å². The molecule has 0 amide bonds. The van der Waals surface area contributed by atoms with Crippen LogP contribution in [0.5, 0.6) is 0 Å². The van der Waals surface area contributed by atoms with Crippen LogP contribution in [-0.4, -0.2) is 68.7 Å². The van der Waals surface area contributed by atoms with Crippen LogP contribution in [0.4, 0.5) is 0 Å². The van der Waals surface area contributed by atoms with E-state index in [1.165, 1.54) is 0 Å². The van der Waals surface area contributed by atoms with Gasteiger partial charge in [-0.15, -0.1) is 0 Å². The van der Waals surface area contributed by atoms with Gasteiger partial charge in [0.05, 0.1) is 5.25 Å². The Labute approximate surface area is 118 Å². The molecule has 1 rings (SSSR count). The average Bonchev–Trinajstić information content (AvgIpc) is 2.35. The molecule has 114 valence electrons. The molecule has 1 atom stereocenters. The van der Waals surface area contributed by atoms with Gasteiger partial charge in [-0.3, -0.25) is 0 Å². The highest BCUT2D eigenvalue weighted by molar-refractivity contribution is 7.89. The second kappa shape index (κ2) is 7.57. The first-order chi connectivity index (χ1) is 8.87. The minimum atomic E-state index is -3.14. The number of nitrogens with zero attached hydrogens (tertiary/aromatic N) is 2. The monoisotopic (exact) mass is 291 g/mol. The van der Waals surface area contributed by atoms with E-state index < -0.39 is 10.0 Å². The van der Waals surface area contributed by atoms with Crippen LogP contribution < -0.4 is 5.32 Å². The summed E-state index contributed by atoms with van der Waals surface area (Å²) >= 11 is 0. The van der Waals surface area contributed by atoms with Crippen LogP contribution in [0.2, 0.25) is 0 Å². The number of rotatable bonds is 7. The van der Waals surface area contributed by atoms with Crippen molar-refractivity contribution in [3.63, 3.8) is 0 Å². The van der Waals surface area contributed by atoms with Crippen LogP contribution >= 0.6 is 0 Å². The molecule has 1 heterocycles. The standard InChI is InChI=1S/C13H29N3O2S/c1-5-14-10-13(4)19(17,18)16-8-6-15(7-9-16)11-12(2)3/h12-14H,5-11H2,1-4H3. The highest BCUT2D eigenvalue weighted by atomic mass is 32.2. The molecular weight excluding hydrogens is 262 g/mol. The maximum Gasteiger partial charge on any atom is 0.218 e. The Hall–Kier alpha value is -0.170. The van der Waals surface area contributed by atoms with Gasteiger partial charge in [0.25, 0.3) is 0 Å². The van der Waals surface area contributed by atoms with Crippen molar-refractivity contribution in [3.05, 3.63) is 0 Å². The topological polar surface area (TPSA) is 52.7 Å². The molecule has 0 spiro atoms. The molecular formula is C13H29N3O2S. The molecule has 0 aliphatic carbocycles. The van der Waals surface area contributed by atoms with Gasteiger partial charge in [-0.1, -0.05) is 20.8 Å². The summed E-state index contributed by atoms with van der Waals surface area (Å²) in [4.78, 5) is 2.35. The minimum absolute atomic E-state index is 0.343. The molecule has 0 bridgehead atoms. The van der Waals surface area contributed by atoms with Crippen molar-refractivity contribution in [2.45, 2.75) is 32.9 Å². The molecule has 0 aromatic rings. The van der Waals surface area contributed by atoms with Crippen LogP contribution in [0.1, 0.15) is 27.7 Å². The van der Waals surface area contributed by atoms with Crippen molar-refractivity contribution in [2.24, 2.45) is 5.92 Å². The lowest BCUT2D eigenvalue weighted by Gasteiger charge is -2.36. The summed E-state index contributed by atoms with van der Waals surface area (Å²) in [6.45, 7) is 13.5. The van der Waals surface area contributed by atoms with Gasteiger partial charge in [-0.05, 0) is 19.4 Å². The second-order valence-corrected chi connectivity index (χ2v) is 8.11. The Morgan fingerprint density at radius 1 is 1.11 bits per heavy atom. The van der Waals surface area contributed by atoms with Gasteiger partial charge in [0.1, 0.15) is 0 Å². The van der Waals surface area contributed by atoms with Gasteiger partial charge in [0, 0.05) is 39.3 Å². The van der Waals surface area contributed by atoms with Gasteiger partial charge in [-0.2, -0.15) is 4.31 Å². The van der Waals surface area contributed by atoms with Gasteiger partial charge in [-0.25, -0.2) is 8.42 Å². The molecule has 1 N–H and O–H groups in total. The lowest BCUT2D eigenvalue weighted by atomic mass is 10.2. The Morgan fingerprint density at radius 2 is 1.68 bits per heavy atom. The van der Waals surface area contributed by atoms with Gasteiger partial charge >= 0.3 is 0 Å². The van der Waals surface area contributed by atoms with Crippen molar-refractivity contribution >= 4 is 10.0 Å². The van der Waals surface area contributed by atoms with Crippen LogP contribution in [0.3, 0.4) is 0 Å². The first-order valence-corrected chi connectivity index (χ1v) is 8.80. The third kappa shape index (κ3) is 5.02. The van der Waals surface area contributed by atoms with Crippen molar-refractivity contribution in [2.75, 3.05) is 45.8 Å². The van der Waals surface area contributed by atoms with Crippen LogP contribution in [0.25, 0.3) is 0 Å². The molecule has 5 nitrogen and oxygen atoms in total. The Kier molecular flexibility index (Phi) is 6.73. The van der Waals surface area contributed by atoms with E-state index in [4.69, 9.17) is 0 Å². The fraction of sp³-hybridized carbons (Fsp3) is 1.00. The van der Waals surface area contributed by atoms with Gasteiger partial charge in [0.2, 0.25) is 10.0 Å². The van der Waals surface area contributed by atoms with Crippen LogP contribution in [0, 0.1) is 5.92 Å². The van der Waals surface area contributed by atoms with Crippen molar-refractivity contribution in [3.8, 4) is 0 Å². The molecule has 0 aromatic carbocycles. The average molecular weight is 291 g/mol. The first kappa shape index (κ1) is 16.9. The number of sulfonamides is 1. The van der Waals surface area contributed by atoms with Crippen molar-refractivity contribution < 1.29 is 8.42 Å². The van der Waals surface area contributed by atoms with E-state index in [1.54, 1.807) is 11.2 Å². The molecule has 0 aromatic heterocycles. The first-order valence-electron chi connectivity index (χ1n) is 7.30. The quantitative estimate of drug-likeness (QED) is 0.746. The zero-order chi connectivity index (χ0) is 14.5. The van der Waals surface area contributed by atoms with Gasteiger partial charge < -0.3 is 10.2 Å². The predicted octanol–water partition coefficient (Wildman–Crippen LogP) is 0.588. The fourth-order valence-corrected chi connectivity index (χ4v) is 3.90. The Morgan fingerprint density at radius 3 is 2.16 bits per heavy atom. The summed E-state index contributed by atoms with van der Waals surface area (Å²) in [5, 5.41) is 2.77. The highest BCUT2D eigenvalue weighted by Gasteiger charge is 2.31. The smallest absolute Gasteiger partial charge is 0.218 e. The number of hydrogen-bond donors (Lipinski definition) is 1. The maximum atomic E-state index is 12.4. The molecule has 19 heavy (non-hydrogen) atoms. The summed E-state index contributed by atoms with van der Waals surface area (Å²) < 4.78 is 26.4.